The Balaban J connectivity index is 1.47. The van der Waals surface area contributed by atoms with Gasteiger partial charge in [-0.05, 0) is 86.5 Å². The maximum Gasteiger partial charge on any atom is 0.306 e. The first-order valence-corrected chi connectivity index (χ1v) is 12.0. The van der Waals surface area contributed by atoms with Crippen molar-refractivity contribution in [2.75, 3.05) is 26.2 Å². The fourth-order valence-corrected chi connectivity index (χ4v) is 4.64. The Kier molecular flexibility index (Phi) is 9.82. The second-order valence-electron chi connectivity index (χ2n) is 9.04. The van der Waals surface area contributed by atoms with Gasteiger partial charge in [0.05, 0.1) is 12.5 Å². The second-order valence-corrected chi connectivity index (χ2v) is 9.04. The van der Waals surface area contributed by atoms with E-state index >= 15 is 0 Å². The molecule has 0 aromatic heterocycles. The molecule has 4 nitrogen and oxygen atoms in total. The summed E-state index contributed by atoms with van der Waals surface area (Å²) in [7, 11) is 0. The lowest BCUT2D eigenvalue weighted by molar-refractivity contribution is -0.142. The van der Waals surface area contributed by atoms with Crippen molar-refractivity contribution in [3.05, 3.63) is 71.3 Å². The first kappa shape index (κ1) is 25.3. The van der Waals surface area contributed by atoms with Crippen LogP contribution in [0.25, 0.3) is 0 Å². The third-order valence-corrected chi connectivity index (χ3v) is 6.65. The van der Waals surface area contributed by atoms with Crippen LogP contribution in [-0.4, -0.2) is 42.2 Å². The van der Waals surface area contributed by atoms with E-state index in [9.17, 15) is 18.7 Å². The van der Waals surface area contributed by atoms with Gasteiger partial charge in [0.25, 0.3) is 0 Å². The molecule has 1 fully saturated rings. The summed E-state index contributed by atoms with van der Waals surface area (Å²) in [4.78, 5) is 13.7. The summed E-state index contributed by atoms with van der Waals surface area (Å²) in [5.74, 6) is -0.890. The van der Waals surface area contributed by atoms with E-state index < -0.39 is 5.97 Å². The van der Waals surface area contributed by atoms with Gasteiger partial charge in [-0.15, -0.1) is 0 Å². The molecule has 180 valence electrons. The zero-order chi connectivity index (χ0) is 23.6. The van der Waals surface area contributed by atoms with Gasteiger partial charge in [-0.1, -0.05) is 37.6 Å². The van der Waals surface area contributed by atoms with E-state index in [0.717, 1.165) is 69.3 Å². The molecule has 2 aromatic carbocycles. The molecule has 2 aromatic rings. The third-order valence-electron chi connectivity index (χ3n) is 6.65. The van der Waals surface area contributed by atoms with Crippen LogP contribution >= 0.6 is 0 Å². The highest BCUT2D eigenvalue weighted by atomic mass is 19.1. The van der Waals surface area contributed by atoms with Crippen LogP contribution in [0.15, 0.2) is 48.5 Å². The second kappa shape index (κ2) is 12.8. The van der Waals surface area contributed by atoms with Gasteiger partial charge in [-0.3, -0.25) is 4.79 Å². The van der Waals surface area contributed by atoms with Crippen molar-refractivity contribution in [3.63, 3.8) is 0 Å². The molecule has 33 heavy (non-hydrogen) atoms. The van der Waals surface area contributed by atoms with E-state index in [1.165, 1.54) is 24.3 Å². The van der Waals surface area contributed by atoms with Crippen molar-refractivity contribution >= 4 is 5.97 Å². The maximum absolute atomic E-state index is 13.4. The van der Waals surface area contributed by atoms with E-state index in [4.69, 9.17) is 4.74 Å². The molecule has 1 saturated heterocycles. The number of carboxylic acids is 1. The molecule has 1 N–H and O–H groups in total. The van der Waals surface area contributed by atoms with Crippen molar-refractivity contribution in [3.8, 4) is 0 Å². The summed E-state index contributed by atoms with van der Waals surface area (Å²) in [6, 6.07) is 12.5. The molecule has 0 bridgehead atoms. The highest BCUT2D eigenvalue weighted by molar-refractivity contribution is 5.69. The molecule has 1 atom stereocenters. The van der Waals surface area contributed by atoms with Crippen molar-refractivity contribution in [1.29, 1.82) is 0 Å². The Labute approximate surface area is 195 Å². The number of aliphatic carboxylic acids is 1. The van der Waals surface area contributed by atoms with Crippen molar-refractivity contribution in [2.24, 2.45) is 11.8 Å². The Hall–Kier alpha value is -2.31. The van der Waals surface area contributed by atoms with Gasteiger partial charge in [0, 0.05) is 6.54 Å². The molecule has 0 aliphatic carbocycles. The quantitative estimate of drug-likeness (QED) is 0.419. The lowest BCUT2D eigenvalue weighted by atomic mass is 9.87. The number of ether oxygens (including phenoxy) is 1. The van der Waals surface area contributed by atoms with Crippen LogP contribution in [-0.2, 0) is 9.53 Å². The number of carbonyl (C=O) groups is 1. The highest BCUT2D eigenvalue weighted by Crippen LogP contribution is 2.28. The van der Waals surface area contributed by atoms with Crippen molar-refractivity contribution < 1.29 is 23.4 Å². The maximum atomic E-state index is 13.4. The topological polar surface area (TPSA) is 49.8 Å². The van der Waals surface area contributed by atoms with Crippen LogP contribution in [0.4, 0.5) is 8.78 Å². The van der Waals surface area contributed by atoms with Crippen LogP contribution in [0.3, 0.4) is 0 Å². The van der Waals surface area contributed by atoms with Crippen LogP contribution in [0.2, 0.25) is 0 Å². The Bertz CT molecular complexity index is 803. The smallest absolute Gasteiger partial charge is 0.306 e. The zero-order valence-electron chi connectivity index (χ0n) is 19.4. The molecule has 1 aliphatic rings. The van der Waals surface area contributed by atoms with Gasteiger partial charge in [0.2, 0.25) is 0 Å². The molecule has 3 rings (SSSR count). The first-order valence-electron chi connectivity index (χ1n) is 12.0. The van der Waals surface area contributed by atoms with Gasteiger partial charge < -0.3 is 14.7 Å². The molecule has 0 saturated carbocycles. The average molecular weight is 460 g/mol. The SMILES string of the molecule is CCCC(CCC1CCN(CCOC(c2ccc(F)cc2)c2ccc(F)cc2)CC1)C(=O)O. The van der Waals surface area contributed by atoms with Gasteiger partial charge in [-0.25, -0.2) is 8.78 Å². The average Bonchev–Trinajstić information content (AvgIpc) is 2.82. The zero-order valence-corrected chi connectivity index (χ0v) is 19.4. The number of halogens is 2. The van der Waals surface area contributed by atoms with Crippen LogP contribution in [0.5, 0.6) is 0 Å². The van der Waals surface area contributed by atoms with Crippen molar-refractivity contribution in [2.45, 2.75) is 51.6 Å². The fraction of sp³-hybridized carbons (Fsp3) is 0.519. The molecule has 1 aliphatic heterocycles. The molecule has 1 heterocycles. The Morgan fingerprint density at radius 3 is 2.03 bits per heavy atom. The Morgan fingerprint density at radius 2 is 1.55 bits per heavy atom. The molecule has 0 radical (unpaired) electrons. The minimum Gasteiger partial charge on any atom is -0.481 e. The third kappa shape index (κ3) is 7.90. The van der Waals surface area contributed by atoms with E-state index in [-0.39, 0.29) is 23.7 Å². The van der Waals surface area contributed by atoms with Gasteiger partial charge in [-0.2, -0.15) is 0 Å². The normalized spacial score (nSPS) is 16.2. The number of hydrogen-bond acceptors (Lipinski definition) is 3. The van der Waals surface area contributed by atoms with Crippen LogP contribution in [0, 0.1) is 23.5 Å². The molecule has 1 unspecified atom stereocenters. The summed E-state index contributed by atoms with van der Waals surface area (Å²) in [5, 5.41) is 9.35. The number of benzene rings is 2. The summed E-state index contributed by atoms with van der Waals surface area (Å²) in [6.45, 7) is 5.31. The number of rotatable bonds is 12. The minimum atomic E-state index is -0.664. The standard InChI is InChI=1S/C27H35F2NO3/c1-2-3-23(27(31)32)5-4-20-14-16-30(17-15-20)18-19-33-26(21-6-10-24(28)11-7-21)22-8-12-25(29)13-9-22/h6-13,20,23,26H,2-5,14-19H2,1H3,(H,31,32). The largest absolute Gasteiger partial charge is 0.481 e. The number of likely N-dealkylation sites (tertiary alicyclic amines) is 1. The lowest BCUT2D eigenvalue weighted by Crippen LogP contribution is -2.36. The van der Waals surface area contributed by atoms with Crippen LogP contribution in [0.1, 0.15) is 62.7 Å². The van der Waals surface area contributed by atoms with Crippen molar-refractivity contribution in [1.82, 2.24) is 4.90 Å². The first-order chi connectivity index (χ1) is 16.0. The van der Waals surface area contributed by atoms with E-state index in [1.807, 2.05) is 6.92 Å². The molecule has 0 spiro atoms. The van der Waals surface area contributed by atoms with E-state index in [2.05, 4.69) is 4.90 Å². The minimum absolute atomic E-state index is 0.212. The number of piperidine rings is 1. The number of carboxylic acid groups (broad SMARTS) is 1. The van der Waals surface area contributed by atoms with Crippen LogP contribution < -0.4 is 0 Å². The number of nitrogens with zero attached hydrogens (tertiary/aromatic N) is 1. The molecular formula is C27H35F2NO3. The fourth-order valence-electron chi connectivity index (χ4n) is 4.64. The highest BCUT2D eigenvalue weighted by Gasteiger charge is 2.23. The van der Waals surface area contributed by atoms with E-state index in [0.29, 0.717) is 12.5 Å². The predicted octanol–water partition coefficient (Wildman–Crippen LogP) is 6.06. The molecular weight excluding hydrogens is 424 g/mol. The monoisotopic (exact) mass is 459 g/mol. The summed E-state index contributed by atoms with van der Waals surface area (Å²) < 4.78 is 33.0. The predicted molar refractivity (Wildman–Crippen MR) is 125 cm³/mol. The van der Waals surface area contributed by atoms with Gasteiger partial charge in [0.1, 0.15) is 17.7 Å². The lowest BCUT2D eigenvalue weighted by Gasteiger charge is -2.32. The van der Waals surface area contributed by atoms with Gasteiger partial charge >= 0.3 is 5.97 Å². The summed E-state index contributed by atoms with van der Waals surface area (Å²) in [5.41, 5.74) is 1.67. The summed E-state index contributed by atoms with van der Waals surface area (Å²) in [6.07, 6.45) is 5.21. The molecule has 6 heteroatoms. The van der Waals surface area contributed by atoms with Gasteiger partial charge in [0.15, 0.2) is 0 Å². The summed E-state index contributed by atoms with van der Waals surface area (Å²) >= 11 is 0. The number of hydrogen-bond donors (Lipinski definition) is 1. The van der Waals surface area contributed by atoms with E-state index in [1.54, 1.807) is 24.3 Å². The molecule has 0 amide bonds. The Morgan fingerprint density at radius 1 is 1.00 bits per heavy atom.